The second-order valence-corrected chi connectivity index (χ2v) is 10.7. The molecule has 5 rings (SSSR count). The van der Waals surface area contributed by atoms with E-state index in [2.05, 4.69) is 20.9 Å². The van der Waals surface area contributed by atoms with Crippen molar-refractivity contribution in [1.82, 2.24) is 10.3 Å². The highest BCUT2D eigenvalue weighted by molar-refractivity contribution is 8.00. The Morgan fingerprint density at radius 2 is 1.36 bits per heavy atom. The number of carbonyl (C=O) groups is 3. The van der Waals surface area contributed by atoms with Gasteiger partial charge in [-0.2, -0.15) is 0 Å². The summed E-state index contributed by atoms with van der Waals surface area (Å²) in [5, 5.41) is 7.80. The molecular weight excluding hydrogens is 575 g/mol. The molecule has 1 unspecified atom stereocenters. The summed E-state index contributed by atoms with van der Waals surface area (Å²) in [5.41, 5.74) is 2.89. The van der Waals surface area contributed by atoms with Crippen LogP contribution in [0.5, 0.6) is 0 Å². The summed E-state index contributed by atoms with van der Waals surface area (Å²) in [6.45, 7) is 0. The van der Waals surface area contributed by atoms with Gasteiger partial charge in [0.25, 0.3) is 11.8 Å². The Morgan fingerprint density at radius 1 is 0.727 bits per heavy atom. The van der Waals surface area contributed by atoms with Gasteiger partial charge in [-0.05, 0) is 83.9 Å². The first-order valence-electron chi connectivity index (χ1n) is 13.6. The van der Waals surface area contributed by atoms with Gasteiger partial charge in [0.1, 0.15) is 16.8 Å². The van der Waals surface area contributed by atoms with E-state index in [0.29, 0.717) is 22.5 Å². The van der Waals surface area contributed by atoms with Crippen molar-refractivity contribution in [2.45, 2.75) is 10.1 Å². The molecule has 0 radical (unpaired) electrons. The molecule has 7 nitrogen and oxygen atoms in total. The van der Waals surface area contributed by atoms with E-state index in [9.17, 15) is 18.8 Å². The second kappa shape index (κ2) is 14.6. The maximum atomic E-state index is 13.3. The minimum absolute atomic E-state index is 0.0481. The van der Waals surface area contributed by atoms with Crippen molar-refractivity contribution in [2.75, 3.05) is 10.6 Å². The van der Waals surface area contributed by atoms with E-state index in [1.54, 1.807) is 85.2 Å². The molecule has 0 aliphatic rings. The maximum absolute atomic E-state index is 13.3. The number of carbonyl (C=O) groups excluding carboxylic acids is 3. The summed E-state index contributed by atoms with van der Waals surface area (Å²) in [7, 11) is 0. The molecule has 0 spiro atoms. The van der Waals surface area contributed by atoms with Crippen LogP contribution >= 0.6 is 11.8 Å². The van der Waals surface area contributed by atoms with Crippen molar-refractivity contribution in [3.05, 3.63) is 162 Å². The zero-order valence-corrected chi connectivity index (χ0v) is 24.1. The van der Waals surface area contributed by atoms with Gasteiger partial charge in [0.15, 0.2) is 0 Å². The SMILES string of the molecule is O=C(Nc1ccc(SC(C(=O)Nc2ccc(F)cc2)c2ccccc2)cc1)/C(=C/c1cccnc1)NC(=O)c1ccccc1. The lowest BCUT2D eigenvalue weighted by Crippen LogP contribution is -2.30. The molecule has 3 amide bonds. The molecule has 218 valence electrons. The van der Waals surface area contributed by atoms with Crippen LogP contribution in [0, 0.1) is 5.82 Å². The van der Waals surface area contributed by atoms with E-state index >= 15 is 0 Å². The molecule has 0 bridgehead atoms. The van der Waals surface area contributed by atoms with Gasteiger partial charge in [-0.1, -0.05) is 54.6 Å². The zero-order valence-electron chi connectivity index (χ0n) is 23.3. The quantitative estimate of drug-likeness (QED) is 0.117. The molecule has 0 saturated heterocycles. The van der Waals surface area contributed by atoms with Crippen LogP contribution in [0.2, 0.25) is 0 Å². The van der Waals surface area contributed by atoms with E-state index in [0.717, 1.165) is 10.5 Å². The smallest absolute Gasteiger partial charge is 0.272 e. The summed E-state index contributed by atoms with van der Waals surface area (Å²) in [5.74, 6) is -1.58. The largest absolute Gasteiger partial charge is 0.325 e. The number of amides is 3. The maximum Gasteiger partial charge on any atom is 0.272 e. The van der Waals surface area contributed by atoms with Gasteiger partial charge in [0, 0.05) is 34.2 Å². The van der Waals surface area contributed by atoms with Gasteiger partial charge in [0.2, 0.25) is 5.91 Å². The van der Waals surface area contributed by atoms with E-state index in [1.165, 1.54) is 36.0 Å². The lowest BCUT2D eigenvalue weighted by molar-refractivity contribution is -0.116. The van der Waals surface area contributed by atoms with Crippen molar-refractivity contribution in [2.24, 2.45) is 0 Å². The third-order valence-corrected chi connectivity index (χ3v) is 7.61. The van der Waals surface area contributed by atoms with Gasteiger partial charge in [0.05, 0.1) is 0 Å². The van der Waals surface area contributed by atoms with Crippen molar-refractivity contribution in [1.29, 1.82) is 0 Å². The molecule has 1 heterocycles. The predicted octanol–water partition coefficient (Wildman–Crippen LogP) is 7.10. The van der Waals surface area contributed by atoms with Crippen molar-refractivity contribution < 1.29 is 18.8 Å². The van der Waals surface area contributed by atoms with Gasteiger partial charge in [-0.25, -0.2) is 4.39 Å². The first-order valence-corrected chi connectivity index (χ1v) is 14.5. The van der Waals surface area contributed by atoms with Crippen LogP contribution in [-0.2, 0) is 9.59 Å². The molecule has 9 heteroatoms. The normalized spacial score (nSPS) is 11.7. The molecule has 4 aromatic carbocycles. The molecular formula is C35H27FN4O3S. The standard InChI is InChI=1S/C35H27FN4O3S/c36-27-13-15-28(16-14-27)39-35(43)32(25-9-3-1-4-10-25)44-30-19-17-29(18-20-30)38-34(42)31(22-24-8-7-21-37-23-24)40-33(41)26-11-5-2-6-12-26/h1-23,32H,(H,38,42)(H,39,43)(H,40,41)/b31-22-. The number of nitrogens with one attached hydrogen (secondary N) is 3. The molecule has 0 aliphatic heterocycles. The number of anilines is 2. The second-order valence-electron chi connectivity index (χ2n) is 9.55. The fourth-order valence-electron chi connectivity index (χ4n) is 4.16. The average molecular weight is 603 g/mol. The first-order chi connectivity index (χ1) is 21.4. The van der Waals surface area contributed by atoms with Gasteiger partial charge < -0.3 is 16.0 Å². The number of thioether (sulfide) groups is 1. The monoisotopic (exact) mass is 602 g/mol. The molecule has 1 atom stereocenters. The number of benzene rings is 4. The molecule has 44 heavy (non-hydrogen) atoms. The number of aromatic nitrogens is 1. The first kappa shape index (κ1) is 29.9. The molecule has 0 saturated carbocycles. The lowest BCUT2D eigenvalue weighted by Gasteiger charge is -2.17. The van der Waals surface area contributed by atoms with E-state index < -0.39 is 17.1 Å². The van der Waals surface area contributed by atoms with Crippen LogP contribution in [0.3, 0.4) is 0 Å². The Balaban J connectivity index is 1.31. The summed E-state index contributed by atoms with van der Waals surface area (Å²) >= 11 is 1.34. The van der Waals surface area contributed by atoms with Crippen LogP contribution in [0.15, 0.2) is 144 Å². The highest BCUT2D eigenvalue weighted by atomic mass is 32.2. The minimum Gasteiger partial charge on any atom is -0.325 e. The Labute approximate surface area is 258 Å². The molecule has 1 aromatic heterocycles. The number of nitrogens with zero attached hydrogens (tertiary/aromatic N) is 1. The number of hydrogen-bond donors (Lipinski definition) is 3. The Kier molecular flexibility index (Phi) is 9.91. The number of pyridine rings is 1. The third-order valence-electron chi connectivity index (χ3n) is 6.34. The average Bonchev–Trinajstić information content (AvgIpc) is 3.06. The number of hydrogen-bond acceptors (Lipinski definition) is 5. The van der Waals surface area contributed by atoms with Crippen LogP contribution in [-0.4, -0.2) is 22.7 Å². The highest BCUT2D eigenvalue weighted by Crippen LogP contribution is 2.36. The van der Waals surface area contributed by atoms with Gasteiger partial charge in [-0.15, -0.1) is 11.8 Å². The van der Waals surface area contributed by atoms with Crippen LogP contribution in [0.25, 0.3) is 6.08 Å². The number of halogens is 1. The van der Waals surface area contributed by atoms with Crippen LogP contribution in [0.1, 0.15) is 26.7 Å². The summed E-state index contributed by atoms with van der Waals surface area (Å²) < 4.78 is 13.3. The lowest BCUT2D eigenvalue weighted by atomic mass is 10.1. The Hall–Kier alpha value is -5.54. The molecule has 0 fully saturated rings. The van der Waals surface area contributed by atoms with Crippen LogP contribution < -0.4 is 16.0 Å². The topological polar surface area (TPSA) is 100 Å². The molecule has 0 aliphatic carbocycles. The summed E-state index contributed by atoms with van der Waals surface area (Å²) in [6.07, 6.45) is 4.76. The molecule has 3 N–H and O–H groups in total. The number of rotatable bonds is 10. The van der Waals surface area contributed by atoms with Crippen molar-refractivity contribution >= 4 is 46.9 Å². The third kappa shape index (κ3) is 8.27. The predicted molar refractivity (Wildman–Crippen MR) is 171 cm³/mol. The van der Waals surface area contributed by atoms with E-state index in [-0.39, 0.29) is 17.4 Å². The van der Waals surface area contributed by atoms with Gasteiger partial charge >= 0.3 is 0 Å². The van der Waals surface area contributed by atoms with Crippen molar-refractivity contribution in [3.63, 3.8) is 0 Å². The Morgan fingerprint density at radius 3 is 2.02 bits per heavy atom. The highest BCUT2D eigenvalue weighted by Gasteiger charge is 2.22. The fraction of sp³-hybridized carbons (Fsp3) is 0.0286. The van der Waals surface area contributed by atoms with Crippen molar-refractivity contribution in [3.8, 4) is 0 Å². The van der Waals surface area contributed by atoms with Crippen LogP contribution in [0.4, 0.5) is 15.8 Å². The Bertz CT molecular complexity index is 1750. The fourth-order valence-corrected chi connectivity index (χ4v) is 5.19. The van der Waals surface area contributed by atoms with Gasteiger partial charge in [-0.3, -0.25) is 19.4 Å². The van der Waals surface area contributed by atoms with E-state index in [4.69, 9.17) is 0 Å². The summed E-state index contributed by atoms with van der Waals surface area (Å²) in [4.78, 5) is 44.3. The zero-order chi connectivity index (χ0) is 30.7. The summed E-state index contributed by atoms with van der Waals surface area (Å²) in [6, 6.07) is 34.1. The van der Waals surface area contributed by atoms with E-state index in [1.807, 2.05) is 30.3 Å². The molecule has 5 aromatic rings. The minimum atomic E-state index is -0.594.